The Morgan fingerprint density at radius 1 is 0.500 bits per heavy atom. The van der Waals surface area contributed by atoms with Crippen molar-refractivity contribution in [2.75, 3.05) is 0 Å². The van der Waals surface area contributed by atoms with Crippen molar-refractivity contribution in [1.29, 1.82) is 0 Å². The molecule has 0 aliphatic rings. The number of nitrogens with zero attached hydrogens (tertiary/aromatic N) is 4. The van der Waals surface area contributed by atoms with Crippen LogP contribution in [0.15, 0.2) is 106 Å². The Labute approximate surface area is 226 Å². The summed E-state index contributed by atoms with van der Waals surface area (Å²) in [5.74, 6) is -1.88. The minimum Gasteiger partial charge on any atom is -0.478 e. The number of aromatic carboxylic acids is 2. The Morgan fingerprint density at radius 3 is 1.60 bits per heavy atom. The molecule has 0 unspecified atom stereocenters. The van der Waals surface area contributed by atoms with Gasteiger partial charge in [-0.2, -0.15) is 0 Å². The third-order valence-electron chi connectivity index (χ3n) is 6.20. The molecule has 194 valence electrons. The first-order valence-electron chi connectivity index (χ1n) is 12.0. The van der Waals surface area contributed by atoms with E-state index < -0.39 is 11.9 Å². The highest BCUT2D eigenvalue weighted by molar-refractivity contribution is 6.04. The standard InChI is InChI=1S/C30H18N4O6/c35-29(36)20-13-11-19(12-14-20)25-31-33-27(39-25)28-34-32-26(40-28)21-15-16-22(30(37)38)24(18-9-5-2-6-10-18)23(21)17-7-3-1-4-8-17/h1-16H,(H,35,36)(H,37,38). The minimum atomic E-state index is -1.07. The topological polar surface area (TPSA) is 152 Å². The lowest BCUT2D eigenvalue weighted by Crippen LogP contribution is -2.03. The maximum Gasteiger partial charge on any atom is 0.336 e. The van der Waals surface area contributed by atoms with E-state index >= 15 is 0 Å². The number of carboxylic acid groups (broad SMARTS) is 2. The number of carboxylic acids is 2. The Hall–Kier alpha value is -5.90. The number of hydrogen-bond donors (Lipinski definition) is 2. The van der Waals surface area contributed by atoms with Crippen LogP contribution < -0.4 is 0 Å². The highest BCUT2D eigenvalue weighted by Gasteiger charge is 2.25. The maximum atomic E-state index is 12.3. The number of rotatable bonds is 7. The van der Waals surface area contributed by atoms with E-state index in [1.165, 1.54) is 18.2 Å². The number of aromatic nitrogens is 4. The highest BCUT2D eigenvalue weighted by Crippen LogP contribution is 2.42. The zero-order valence-electron chi connectivity index (χ0n) is 20.6. The van der Waals surface area contributed by atoms with E-state index in [0.717, 1.165) is 11.1 Å². The van der Waals surface area contributed by atoms with Gasteiger partial charge in [-0.25, -0.2) is 9.59 Å². The minimum absolute atomic E-state index is 0.0252. The maximum absolute atomic E-state index is 12.3. The molecule has 0 saturated heterocycles. The number of benzene rings is 4. The van der Waals surface area contributed by atoms with Crippen LogP contribution in [0.25, 0.3) is 56.9 Å². The predicted molar refractivity (Wildman–Crippen MR) is 143 cm³/mol. The van der Waals surface area contributed by atoms with Gasteiger partial charge in [-0.1, -0.05) is 60.7 Å². The van der Waals surface area contributed by atoms with E-state index in [1.807, 2.05) is 60.7 Å². The monoisotopic (exact) mass is 530 g/mol. The molecule has 0 aliphatic carbocycles. The van der Waals surface area contributed by atoms with Crippen molar-refractivity contribution < 1.29 is 28.6 Å². The van der Waals surface area contributed by atoms with Gasteiger partial charge < -0.3 is 19.0 Å². The molecular formula is C30H18N4O6. The first-order valence-corrected chi connectivity index (χ1v) is 12.0. The van der Waals surface area contributed by atoms with Crippen LogP contribution in [0, 0.1) is 0 Å². The van der Waals surface area contributed by atoms with E-state index in [1.54, 1.807) is 18.2 Å². The summed E-state index contributed by atoms with van der Waals surface area (Å²) in [6, 6.07) is 27.7. The van der Waals surface area contributed by atoms with Gasteiger partial charge in [-0.05, 0) is 47.5 Å². The molecule has 10 heteroatoms. The van der Waals surface area contributed by atoms with Crippen LogP contribution in [0.1, 0.15) is 20.7 Å². The molecule has 2 heterocycles. The predicted octanol–water partition coefficient (Wildman–Crippen LogP) is 6.18. The van der Waals surface area contributed by atoms with Crippen LogP contribution in [0.5, 0.6) is 0 Å². The summed E-state index contributed by atoms with van der Waals surface area (Å²) in [7, 11) is 0. The largest absolute Gasteiger partial charge is 0.478 e. The third kappa shape index (κ3) is 4.50. The van der Waals surface area contributed by atoms with Gasteiger partial charge in [0.15, 0.2) is 0 Å². The van der Waals surface area contributed by atoms with Crippen molar-refractivity contribution in [3.8, 4) is 56.9 Å². The molecule has 40 heavy (non-hydrogen) atoms. The van der Waals surface area contributed by atoms with E-state index in [9.17, 15) is 14.7 Å². The molecule has 0 radical (unpaired) electrons. The average molecular weight is 530 g/mol. The molecule has 6 aromatic rings. The lowest BCUT2D eigenvalue weighted by Gasteiger charge is -2.16. The van der Waals surface area contributed by atoms with Crippen LogP contribution in [-0.4, -0.2) is 42.5 Å². The smallest absolute Gasteiger partial charge is 0.336 e. The molecule has 0 saturated carbocycles. The van der Waals surface area contributed by atoms with Crippen molar-refractivity contribution in [3.63, 3.8) is 0 Å². The molecule has 0 spiro atoms. The Bertz CT molecular complexity index is 1850. The molecular weight excluding hydrogens is 512 g/mol. The Kier molecular flexibility index (Phi) is 6.17. The zero-order valence-corrected chi connectivity index (χ0v) is 20.6. The van der Waals surface area contributed by atoms with Gasteiger partial charge in [-0.15, -0.1) is 20.4 Å². The lowest BCUT2D eigenvalue weighted by atomic mass is 9.87. The number of carbonyl (C=O) groups is 2. The first kappa shape index (κ1) is 24.4. The van der Waals surface area contributed by atoms with Gasteiger partial charge in [0, 0.05) is 22.3 Å². The second kappa shape index (κ2) is 10.1. The van der Waals surface area contributed by atoms with Gasteiger partial charge >= 0.3 is 23.7 Å². The molecule has 6 rings (SSSR count). The summed E-state index contributed by atoms with van der Waals surface area (Å²) in [4.78, 5) is 23.4. The lowest BCUT2D eigenvalue weighted by molar-refractivity contribution is 0.0686. The average Bonchev–Trinajstić information content (AvgIpc) is 3.68. The summed E-state index contributed by atoms with van der Waals surface area (Å²) in [6.45, 7) is 0. The molecule has 0 amide bonds. The zero-order chi connectivity index (χ0) is 27.6. The molecule has 0 fully saturated rings. The SMILES string of the molecule is O=C(O)c1ccc(-c2nnc(-c3nnc(-c4ccc(C(=O)O)c(-c5ccccc5)c4-c4ccccc4)o3)o2)cc1. The molecule has 2 N–H and O–H groups in total. The molecule has 10 nitrogen and oxygen atoms in total. The molecule has 2 aromatic heterocycles. The van der Waals surface area contributed by atoms with Crippen LogP contribution in [0.3, 0.4) is 0 Å². The summed E-state index contributed by atoms with van der Waals surface area (Å²) in [5, 5.41) is 35.5. The van der Waals surface area contributed by atoms with Crippen LogP contribution in [-0.2, 0) is 0 Å². The van der Waals surface area contributed by atoms with Crippen molar-refractivity contribution in [1.82, 2.24) is 20.4 Å². The third-order valence-corrected chi connectivity index (χ3v) is 6.20. The summed E-state index contributed by atoms with van der Waals surface area (Å²) >= 11 is 0. The Balaban J connectivity index is 1.45. The summed E-state index contributed by atoms with van der Waals surface area (Å²) in [6.07, 6.45) is 0. The quantitative estimate of drug-likeness (QED) is 0.244. The van der Waals surface area contributed by atoms with Crippen LogP contribution >= 0.6 is 0 Å². The number of hydrogen-bond acceptors (Lipinski definition) is 8. The van der Waals surface area contributed by atoms with E-state index in [2.05, 4.69) is 20.4 Å². The van der Waals surface area contributed by atoms with Crippen molar-refractivity contribution in [2.45, 2.75) is 0 Å². The Morgan fingerprint density at radius 2 is 1.02 bits per heavy atom. The summed E-state index contributed by atoms with van der Waals surface area (Å²) in [5.41, 5.74) is 3.92. The highest BCUT2D eigenvalue weighted by atomic mass is 16.4. The van der Waals surface area contributed by atoms with Crippen molar-refractivity contribution in [2.24, 2.45) is 0 Å². The van der Waals surface area contributed by atoms with E-state index in [-0.39, 0.29) is 34.7 Å². The van der Waals surface area contributed by atoms with Crippen LogP contribution in [0.2, 0.25) is 0 Å². The van der Waals surface area contributed by atoms with E-state index in [0.29, 0.717) is 22.3 Å². The fourth-order valence-electron chi connectivity index (χ4n) is 4.37. The second-order valence-corrected chi connectivity index (χ2v) is 8.66. The van der Waals surface area contributed by atoms with Gasteiger partial charge in [0.2, 0.25) is 11.8 Å². The molecule has 0 bridgehead atoms. The van der Waals surface area contributed by atoms with E-state index in [4.69, 9.17) is 13.9 Å². The van der Waals surface area contributed by atoms with Gasteiger partial charge in [-0.3, -0.25) is 0 Å². The molecule has 4 aromatic carbocycles. The molecule has 0 atom stereocenters. The molecule has 0 aliphatic heterocycles. The van der Waals surface area contributed by atoms with Gasteiger partial charge in [0.25, 0.3) is 0 Å². The van der Waals surface area contributed by atoms with Crippen molar-refractivity contribution in [3.05, 3.63) is 108 Å². The summed E-state index contributed by atoms with van der Waals surface area (Å²) < 4.78 is 11.7. The van der Waals surface area contributed by atoms with Crippen LogP contribution in [0.4, 0.5) is 0 Å². The fourth-order valence-corrected chi connectivity index (χ4v) is 4.37. The normalized spacial score (nSPS) is 10.9. The van der Waals surface area contributed by atoms with Gasteiger partial charge in [0.05, 0.1) is 11.1 Å². The second-order valence-electron chi connectivity index (χ2n) is 8.66. The van der Waals surface area contributed by atoms with Gasteiger partial charge in [0.1, 0.15) is 0 Å². The van der Waals surface area contributed by atoms with Crippen molar-refractivity contribution >= 4 is 11.9 Å². The fraction of sp³-hybridized carbons (Fsp3) is 0. The first-order chi connectivity index (χ1) is 19.5.